The van der Waals surface area contributed by atoms with Crippen molar-refractivity contribution in [2.45, 2.75) is 12.5 Å². The molecule has 5 heteroatoms. The van der Waals surface area contributed by atoms with Crippen LogP contribution in [-0.2, 0) is 9.47 Å². The zero-order valence-corrected chi connectivity index (χ0v) is 9.37. The van der Waals surface area contributed by atoms with E-state index in [0.717, 1.165) is 6.42 Å². The highest BCUT2D eigenvalue weighted by Crippen LogP contribution is 2.23. The van der Waals surface area contributed by atoms with E-state index in [2.05, 4.69) is 0 Å². The largest absolute Gasteiger partial charge is 0.456 e. The predicted molar refractivity (Wildman–Crippen MR) is 60.5 cm³/mol. The van der Waals surface area contributed by atoms with Gasteiger partial charge in [0.2, 0.25) is 0 Å². The van der Waals surface area contributed by atoms with Gasteiger partial charge in [0.15, 0.2) is 0 Å². The van der Waals surface area contributed by atoms with Gasteiger partial charge in [-0.2, -0.15) is 0 Å². The molecular weight excluding hydrogens is 230 g/mol. The number of para-hydroxylation sites is 1. The Kier molecular flexibility index (Phi) is 3.31. The summed E-state index contributed by atoms with van der Waals surface area (Å²) in [5, 5.41) is 0.358. The van der Waals surface area contributed by atoms with Crippen LogP contribution in [0.3, 0.4) is 0 Å². The van der Waals surface area contributed by atoms with E-state index in [1.165, 1.54) is 0 Å². The Morgan fingerprint density at radius 3 is 3.06 bits per heavy atom. The summed E-state index contributed by atoms with van der Waals surface area (Å²) < 4.78 is 10.3. The van der Waals surface area contributed by atoms with Gasteiger partial charge in [-0.05, 0) is 12.1 Å². The highest BCUT2D eigenvalue weighted by atomic mass is 35.5. The fourth-order valence-electron chi connectivity index (χ4n) is 1.54. The van der Waals surface area contributed by atoms with Gasteiger partial charge in [0, 0.05) is 6.42 Å². The van der Waals surface area contributed by atoms with Gasteiger partial charge in [-0.1, -0.05) is 17.7 Å². The Morgan fingerprint density at radius 1 is 1.56 bits per heavy atom. The summed E-state index contributed by atoms with van der Waals surface area (Å²) >= 11 is 5.82. The number of carbonyl (C=O) groups excluding carboxylic acids is 1. The summed E-state index contributed by atoms with van der Waals surface area (Å²) in [6, 6.07) is 4.89. The second-order valence-electron chi connectivity index (χ2n) is 3.59. The molecule has 0 bridgehead atoms. The molecule has 1 unspecified atom stereocenters. The summed E-state index contributed by atoms with van der Waals surface area (Å²) in [6.45, 7) is 1.08. The first kappa shape index (κ1) is 11.2. The van der Waals surface area contributed by atoms with Crippen LogP contribution in [0.15, 0.2) is 18.2 Å². The van der Waals surface area contributed by atoms with Gasteiger partial charge in [0.1, 0.15) is 6.10 Å². The monoisotopic (exact) mass is 241 g/mol. The zero-order valence-electron chi connectivity index (χ0n) is 8.61. The molecule has 1 atom stereocenters. The SMILES string of the molecule is Nc1c(Cl)cccc1C(=O)OC1CCOC1. The number of anilines is 1. The number of benzene rings is 1. The van der Waals surface area contributed by atoms with Crippen LogP contribution in [0.2, 0.25) is 5.02 Å². The molecule has 1 aromatic rings. The number of rotatable bonds is 2. The smallest absolute Gasteiger partial charge is 0.340 e. The minimum absolute atomic E-state index is 0.175. The molecule has 4 nitrogen and oxygen atoms in total. The van der Waals surface area contributed by atoms with Crippen molar-refractivity contribution in [3.05, 3.63) is 28.8 Å². The maximum absolute atomic E-state index is 11.8. The summed E-state index contributed by atoms with van der Waals surface area (Å²) in [7, 11) is 0. The van der Waals surface area contributed by atoms with Crippen molar-refractivity contribution in [2.75, 3.05) is 18.9 Å². The van der Waals surface area contributed by atoms with Gasteiger partial charge >= 0.3 is 5.97 Å². The minimum Gasteiger partial charge on any atom is -0.456 e. The molecule has 2 rings (SSSR count). The lowest BCUT2D eigenvalue weighted by Crippen LogP contribution is -2.19. The van der Waals surface area contributed by atoms with E-state index in [1.54, 1.807) is 18.2 Å². The summed E-state index contributed by atoms with van der Waals surface area (Å²) in [4.78, 5) is 11.8. The van der Waals surface area contributed by atoms with Crippen LogP contribution in [0.4, 0.5) is 5.69 Å². The Labute approximate surface area is 98.3 Å². The molecule has 1 aliphatic heterocycles. The molecular formula is C11H12ClNO3. The van der Waals surface area contributed by atoms with E-state index >= 15 is 0 Å². The second-order valence-corrected chi connectivity index (χ2v) is 4.00. The minimum atomic E-state index is -0.449. The van der Waals surface area contributed by atoms with E-state index < -0.39 is 5.97 Å². The van der Waals surface area contributed by atoms with E-state index in [0.29, 0.717) is 23.8 Å². The standard InChI is InChI=1S/C11H12ClNO3/c12-9-3-1-2-8(10(9)13)11(14)16-7-4-5-15-6-7/h1-3,7H,4-6,13H2. The lowest BCUT2D eigenvalue weighted by atomic mass is 10.2. The molecule has 0 radical (unpaired) electrons. The Balaban J connectivity index is 2.11. The van der Waals surface area contributed by atoms with Gasteiger partial charge in [-0.3, -0.25) is 0 Å². The van der Waals surface area contributed by atoms with Crippen LogP contribution in [-0.4, -0.2) is 25.3 Å². The van der Waals surface area contributed by atoms with Gasteiger partial charge < -0.3 is 15.2 Å². The molecule has 1 heterocycles. The molecule has 1 fully saturated rings. The third kappa shape index (κ3) is 2.28. The number of nitrogen functional groups attached to an aromatic ring is 1. The number of ether oxygens (including phenoxy) is 2. The molecule has 0 saturated carbocycles. The van der Waals surface area contributed by atoms with Crippen LogP contribution >= 0.6 is 11.6 Å². The summed E-state index contributed by atoms with van der Waals surface area (Å²) in [5.41, 5.74) is 6.26. The molecule has 0 spiro atoms. The van der Waals surface area contributed by atoms with Crippen molar-refractivity contribution >= 4 is 23.3 Å². The number of hydrogen-bond donors (Lipinski definition) is 1. The van der Waals surface area contributed by atoms with Gasteiger partial charge in [0.25, 0.3) is 0 Å². The van der Waals surface area contributed by atoms with E-state index in [9.17, 15) is 4.79 Å². The predicted octanol–water partition coefficient (Wildman–Crippen LogP) is 1.87. The van der Waals surface area contributed by atoms with Crippen LogP contribution in [0.1, 0.15) is 16.8 Å². The lowest BCUT2D eigenvalue weighted by molar-refractivity contribution is 0.0272. The van der Waals surface area contributed by atoms with Gasteiger partial charge in [-0.25, -0.2) is 4.79 Å². The summed E-state index contributed by atoms with van der Waals surface area (Å²) in [6.07, 6.45) is 0.553. The topological polar surface area (TPSA) is 61.6 Å². The van der Waals surface area contributed by atoms with Crippen molar-refractivity contribution in [3.8, 4) is 0 Å². The highest BCUT2D eigenvalue weighted by molar-refractivity contribution is 6.33. The Hall–Kier alpha value is -1.26. The van der Waals surface area contributed by atoms with Crippen molar-refractivity contribution in [1.29, 1.82) is 0 Å². The number of carbonyl (C=O) groups is 1. The number of nitrogens with two attached hydrogens (primary N) is 1. The molecule has 1 aliphatic rings. The molecule has 0 aliphatic carbocycles. The van der Waals surface area contributed by atoms with Crippen molar-refractivity contribution in [1.82, 2.24) is 0 Å². The van der Waals surface area contributed by atoms with Crippen molar-refractivity contribution in [3.63, 3.8) is 0 Å². The van der Waals surface area contributed by atoms with E-state index in [1.807, 2.05) is 0 Å². The third-order valence-corrected chi connectivity index (χ3v) is 2.76. The number of halogens is 1. The van der Waals surface area contributed by atoms with E-state index in [-0.39, 0.29) is 11.8 Å². The average Bonchev–Trinajstić information content (AvgIpc) is 2.74. The first-order valence-electron chi connectivity index (χ1n) is 5.01. The van der Waals surface area contributed by atoms with Gasteiger partial charge in [0.05, 0.1) is 29.5 Å². The molecule has 0 aromatic heterocycles. The normalized spacial score (nSPS) is 19.7. The molecule has 86 valence electrons. The first-order valence-corrected chi connectivity index (χ1v) is 5.39. The molecule has 16 heavy (non-hydrogen) atoms. The maximum Gasteiger partial charge on any atom is 0.340 e. The Bertz CT molecular complexity index is 402. The van der Waals surface area contributed by atoms with Crippen molar-refractivity contribution in [2.24, 2.45) is 0 Å². The van der Waals surface area contributed by atoms with Gasteiger partial charge in [-0.15, -0.1) is 0 Å². The van der Waals surface area contributed by atoms with Crippen LogP contribution < -0.4 is 5.73 Å². The zero-order chi connectivity index (χ0) is 11.5. The van der Waals surface area contributed by atoms with E-state index in [4.69, 9.17) is 26.8 Å². The first-order chi connectivity index (χ1) is 7.68. The summed E-state index contributed by atoms with van der Waals surface area (Å²) in [5.74, 6) is -0.449. The molecule has 1 saturated heterocycles. The third-order valence-electron chi connectivity index (χ3n) is 2.43. The molecule has 0 amide bonds. The maximum atomic E-state index is 11.8. The van der Waals surface area contributed by atoms with Crippen LogP contribution in [0, 0.1) is 0 Å². The Morgan fingerprint density at radius 2 is 2.38 bits per heavy atom. The quantitative estimate of drug-likeness (QED) is 0.634. The van der Waals surface area contributed by atoms with Crippen LogP contribution in [0.5, 0.6) is 0 Å². The average molecular weight is 242 g/mol. The fraction of sp³-hybridized carbons (Fsp3) is 0.364. The lowest BCUT2D eigenvalue weighted by Gasteiger charge is -2.11. The van der Waals surface area contributed by atoms with Crippen LogP contribution in [0.25, 0.3) is 0 Å². The number of esters is 1. The molecule has 1 aromatic carbocycles. The molecule has 2 N–H and O–H groups in total. The highest BCUT2D eigenvalue weighted by Gasteiger charge is 2.22. The fourth-order valence-corrected chi connectivity index (χ4v) is 1.71. The number of hydrogen-bond acceptors (Lipinski definition) is 4. The van der Waals surface area contributed by atoms with Crippen molar-refractivity contribution < 1.29 is 14.3 Å². The second kappa shape index (κ2) is 4.72.